The molecular formula is C14H14F3I2N3Pt. The second-order valence-electron chi connectivity index (χ2n) is 4.40. The Balaban J connectivity index is 0.000000253. The van der Waals surface area contributed by atoms with Crippen molar-refractivity contribution in [1.29, 1.82) is 0 Å². The number of aryl methyl sites for hydroxylation is 1. The van der Waals surface area contributed by atoms with Crippen LogP contribution in [0.25, 0.3) is 6.20 Å². The maximum absolute atomic E-state index is 12.2. The fourth-order valence-corrected chi connectivity index (χ4v) is 2.87. The second-order valence-corrected chi connectivity index (χ2v) is 9.59. The molecule has 0 aliphatic heterocycles. The van der Waals surface area contributed by atoms with Gasteiger partial charge < -0.3 is 0 Å². The van der Waals surface area contributed by atoms with Crippen molar-refractivity contribution in [1.82, 2.24) is 10.5 Å². The normalized spacial score (nSPS) is 11.2. The van der Waals surface area contributed by atoms with Gasteiger partial charge in [-0.25, -0.2) is 0 Å². The minimum absolute atomic E-state index is 0.602. The van der Waals surface area contributed by atoms with Crippen molar-refractivity contribution in [2.45, 2.75) is 12.7 Å². The van der Waals surface area contributed by atoms with E-state index in [9.17, 15) is 13.2 Å². The largest absolute Gasteiger partial charge is 0.416 e. The number of aromatic nitrogens is 2. The molecule has 0 bridgehead atoms. The number of halogens is 5. The Kier molecular flexibility index (Phi) is 8.74. The van der Waals surface area contributed by atoms with Crippen LogP contribution < -0.4 is 0 Å². The summed E-state index contributed by atoms with van der Waals surface area (Å²) in [5.41, 5.74) is 0.261. The third-order valence-corrected chi connectivity index (χ3v) is 4.77. The standard InChI is InChI=1S/C8H6F3I2N.C6H8N2.Pt/c9-8(10,11)7-3-1-6(2-4-7)5-14(12)13;1-3-8-5-4-7(2)6-8;/h1-4H,5H2;3-5H,1H2,2H3;. The molecule has 9 heteroatoms. The fourth-order valence-electron chi connectivity index (χ4n) is 1.54. The van der Waals surface area contributed by atoms with E-state index in [-0.39, 0.29) is 0 Å². The van der Waals surface area contributed by atoms with Crippen molar-refractivity contribution in [3.63, 3.8) is 0 Å². The number of alkyl halides is 3. The van der Waals surface area contributed by atoms with Gasteiger partial charge in [0.1, 0.15) is 0 Å². The first kappa shape index (κ1) is 21.1. The van der Waals surface area contributed by atoms with Gasteiger partial charge in [0.15, 0.2) is 0 Å². The fraction of sp³-hybridized carbons (Fsp3) is 0.214. The van der Waals surface area contributed by atoms with Crippen molar-refractivity contribution < 1.29 is 32.5 Å². The van der Waals surface area contributed by atoms with Crippen LogP contribution in [0.4, 0.5) is 13.2 Å². The van der Waals surface area contributed by atoms with Crippen LogP contribution in [0, 0.1) is 3.80 Å². The van der Waals surface area contributed by atoms with E-state index in [1.165, 1.54) is 12.1 Å². The molecule has 0 N–H and O–H groups in total. The van der Waals surface area contributed by atoms with Gasteiger partial charge in [-0.05, 0) is 17.7 Å². The molecule has 0 saturated heterocycles. The molecule has 1 aromatic carbocycles. The Morgan fingerprint density at radius 1 is 1.22 bits per heavy atom. The number of imidazole rings is 1. The van der Waals surface area contributed by atoms with Gasteiger partial charge in [0.25, 0.3) is 0 Å². The number of hydrogen-bond donors (Lipinski definition) is 0. The van der Waals surface area contributed by atoms with E-state index in [2.05, 4.69) is 71.7 Å². The van der Waals surface area contributed by atoms with Crippen molar-refractivity contribution in [3.8, 4) is 0 Å². The zero-order chi connectivity index (χ0) is 17.6. The Bertz CT molecular complexity index is 691. The van der Waals surface area contributed by atoms with Crippen LogP contribution in [0.5, 0.6) is 0 Å². The van der Waals surface area contributed by atoms with Crippen LogP contribution in [0.15, 0.2) is 43.2 Å². The predicted octanol–water partition coefficient (Wildman–Crippen LogP) is 5.21. The number of hydrogen-bond acceptors (Lipinski definition) is 1. The van der Waals surface area contributed by atoms with Crippen LogP contribution in [0.1, 0.15) is 11.1 Å². The van der Waals surface area contributed by atoms with Gasteiger partial charge in [-0.1, -0.05) is 12.1 Å². The molecule has 0 amide bonds. The van der Waals surface area contributed by atoms with Crippen molar-refractivity contribution in [2.24, 2.45) is 7.05 Å². The average Bonchev–Trinajstić information content (AvgIpc) is 2.78. The smallest absolute Gasteiger partial charge is 0.184 e. The van der Waals surface area contributed by atoms with E-state index in [1.807, 2.05) is 29.9 Å². The van der Waals surface area contributed by atoms with Gasteiger partial charge >= 0.3 is 70.7 Å². The summed E-state index contributed by atoms with van der Waals surface area (Å²) in [5, 5.41) is 0. The second kappa shape index (κ2) is 9.53. The molecule has 1 heterocycles. The van der Waals surface area contributed by atoms with Crippen LogP contribution in [-0.4, -0.2) is 10.5 Å². The van der Waals surface area contributed by atoms with E-state index in [1.54, 1.807) is 6.20 Å². The molecule has 2 rings (SSSR count). The first-order valence-corrected chi connectivity index (χ1v) is 9.28. The Labute approximate surface area is 171 Å². The molecule has 2 aromatic rings. The SMILES string of the molecule is C=Cn1ccn(C)[c]1=[Pt].FC(F)(F)c1ccc(CN(I)I)cc1. The third kappa shape index (κ3) is 7.23. The Morgan fingerprint density at radius 2 is 1.78 bits per heavy atom. The first-order chi connectivity index (χ1) is 10.6. The molecule has 0 radical (unpaired) electrons. The number of benzene rings is 1. The molecule has 0 atom stereocenters. The molecule has 0 unspecified atom stereocenters. The molecule has 0 fully saturated rings. The molecule has 1 aromatic heterocycles. The summed E-state index contributed by atoms with van der Waals surface area (Å²) in [6.07, 6.45) is 1.49. The van der Waals surface area contributed by atoms with Crippen LogP contribution in [0.2, 0.25) is 0 Å². The predicted molar refractivity (Wildman–Crippen MR) is 98.1 cm³/mol. The molecule has 0 aliphatic carbocycles. The van der Waals surface area contributed by atoms with Crippen molar-refractivity contribution in [2.75, 3.05) is 0 Å². The Morgan fingerprint density at radius 3 is 2.09 bits per heavy atom. The third-order valence-electron chi connectivity index (χ3n) is 2.70. The van der Waals surface area contributed by atoms with E-state index in [0.717, 1.165) is 21.5 Å². The van der Waals surface area contributed by atoms with Gasteiger partial charge in [0, 0.05) is 52.3 Å². The summed E-state index contributed by atoms with van der Waals surface area (Å²) in [5.74, 6) is 0. The van der Waals surface area contributed by atoms with Gasteiger partial charge in [0.05, 0.1) is 5.56 Å². The van der Waals surface area contributed by atoms with Crippen LogP contribution in [-0.2, 0) is 39.1 Å². The topological polar surface area (TPSA) is 13.1 Å². The molecule has 0 saturated carbocycles. The zero-order valence-electron chi connectivity index (χ0n) is 12.0. The maximum atomic E-state index is 12.2. The van der Waals surface area contributed by atoms with Crippen LogP contribution in [0.3, 0.4) is 0 Å². The van der Waals surface area contributed by atoms with Gasteiger partial charge in [-0.2, -0.15) is 14.5 Å². The van der Waals surface area contributed by atoms with Gasteiger partial charge in [-0.3, -0.25) is 0 Å². The maximum Gasteiger partial charge on any atom is 0.416 e. The van der Waals surface area contributed by atoms with Gasteiger partial charge in [0.2, 0.25) is 0 Å². The van der Waals surface area contributed by atoms with E-state index in [0.29, 0.717) is 6.54 Å². The monoisotopic (exact) mass is 730 g/mol. The zero-order valence-corrected chi connectivity index (χ0v) is 18.6. The number of rotatable bonds is 3. The van der Waals surface area contributed by atoms with Gasteiger partial charge in [-0.15, -0.1) is 0 Å². The molecule has 3 nitrogen and oxygen atoms in total. The molecule has 130 valence electrons. The number of nitrogens with zero attached hydrogens (tertiary/aromatic N) is 3. The minimum Gasteiger partial charge on any atom is -0.184 e. The average molecular weight is 730 g/mol. The minimum atomic E-state index is -4.24. The summed E-state index contributed by atoms with van der Waals surface area (Å²) >= 11 is 6.38. The van der Waals surface area contributed by atoms with E-state index < -0.39 is 11.7 Å². The summed E-state index contributed by atoms with van der Waals surface area (Å²) in [6.45, 7) is 4.27. The summed E-state index contributed by atoms with van der Waals surface area (Å²) in [6, 6.07) is 5.19. The molecule has 23 heavy (non-hydrogen) atoms. The van der Waals surface area contributed by atoms with E-state index in [4.69, 9.17) is 0 Å². The first-order valence-electron chi connectivity index (χ1n) is 6.21. The summed E-state index contributed by atoms with van der Waals surface area (Å²) in [7, 11) is 2.00. The Hall–Kier alpha value is 0.0683. The summed E-state index contributed by atoms with van der Waals surface area (Å²) in [4.78, 5) is 0. The van der Waals surface area contributed by atoms with Crippen LogP contribution >= 0.6 is 45.7 Å². The molecular weight excluding hydrogens is 716 g/mol. The molecule has 0 aliphatic rings. The quantitative estimate of drug-likeness (QED) is 0.313. The summed E-state index contributed by atoms with van der Waals surface area (Å²) < 4.78 is 43.5. The van der Waals surface area contributed by atoms with E-state index >= 15 is 0 Å². The van der Waals surface area contributed by atoms with Crippen molar-refractivity contribution in [3.05, 3.63) is 58.2 Å². The van der Waals surface area contributed by atoms with Crippen molar-refractivity contribution >= 4 is 51.9 Å². The molecule has 0 spiro atoms.